The number of carbonyl (C=O) groups is 1. The summed E-state index contributed by atoms with van der Waals surface area (Å²) >= 11 is 0. The third-order valence-corrected chi connectivity index (χ3v) is 2.91. The fraction of sp³-hybridized carbons (Fsp3) is 0.667. The van der Waals surface area contributed by atoms with E-state index in [-0.39, 0.29) is 12.6 Å². The first-order valence-electron chi connectivity index (χ1n) is 6.32. The van der Waals surface area contributed by atoms with Crippen LogP contribution in [0.5, 0.6) is 0 Å². The number of nitrogens with one attached hydrogen (secondary N) is 1. The number of amides is 2. The van der Waals surface area contributed by atoms with E-state index in [1.54, 1.807) is 13.0 Å². The van der Waals surface area contributed by atoms with Crippen LogP contribution >= 0.6 is 0 Å². The van der Waals surface area contributed by atoms with Crippen LogP contribution in [0.2, 0.25) is 0 Å². The van der Waals surface area contributed by atoms with Crippen molar-refractivity contribution in [3.05, 3.63) is 11.8 Å². The zero-order valence-electron chi connectivity index (χ0n) is 10.6. The number of carbonyl (C=O) groups excluding carboxylic acids is 1. The summed E-state index contributed by atoms with van der Waals surface area (Å²) in [4.78, 5) is 13.9. The summed E-state index contributed by atoms with van der Waals surface area (Å²) in [5.41, 5.74) is 0.739. The topological polar surface area (TPSA) is 78.6 Å². The first-order valence-corrected chi connectivity index (χ1v) is 6.32. The molecule has 0 bridgehead atoms. The number of hydrogen-bond acceptors (Lipinski definition) is 4. The summed E-state index contributed by atoms with van der Waals surface area (Å²) in [5, 5.41) is 15.2. The molecule has 0 aromatic carbocycles. The van der Waals surface area contributed by atoms with Crippen LogP contribution in [0.1, 0.15) is 31.4 Å². The normalized spacial score (nSPS) is 14.6. The number of aromatic nitrogens is 1. The second-order valence-corrected chi connectivity index (χ2v) is 4.62. The molecule has 6 heteroatoms. The highest BCUT2D eigenvalue weighted by molar-refractivity contribution is 5.88. The second-order valence-electron chi connectivity index (χ2n) is 4.62. The molecule has 1 aromatic rings. The van der Waals surface area contributed by atoms with E-state index in [2.05, 4.69) is 10.5 Å². The van der Waals surface area contributed by atoms with Crippen molar-refractivity contribution < 1.29 is 14.4 Å². The monoisotopic (exact) mass is 253 g/mol. The van der Waals surface area contributed by atoms with Gasteiger partial charge in [0.25, 0.3) is 0 Å². The fourth-order valence-electron chi connectivity index (χ4n) is 1.83. The highest BCUT2D eigenvalue weighted by Gasteiger charge is 2.32. The predicted molar refractivity (Wildman–Crippen MR) is 66.3 cm³/mol. The molecule has 1 aliphatic carbocycles. The smallest absolute Gasteiger partial charge is 0.324 e. The minimum atomic E-state index is -0.147. The minimum absolute atomic E-state index is 0.147. The Morgan fingerprint density at radius 3 is 2.94 bits per heavy atom. The molecule has 2 amide bonds. The third kappa shape index (κ3) is 3.46. The first-order chi connectivity index (χ1) is 8.70. The molecule has 6 nitrogen and oxygen atoms in total. The summed E-state index contributed by atoms with van der Waals surface area (Å²) in [6.07, 6.45) is 3.65. The molecule has 1 heterocycles. The molecular formula is C12H19N3O3. The van der Waals surface area contributed by atoms with E-state index in [9.17, 15) is 4.79 Å². The van der Waals surface area contributed by atoms with Gasteiger partial charge in [0.15, 0.2) is 0 Å². The van der Waals surface area contributed by atoms with Crippen molar-refractivity contribution >= 4 is 11.9 Å². The Kier molecular flexibility index (Phi) is 4.19. The van der Waals surface area contributed by atoms with Crippen LogP contribution in [0.3, 0.4) is 0 Å². The highest BCUT2D eigenvalue weighted by Crippen LogP contribution is 2.27. The molecule has 1 fully saturated rings. The standard InChI is InChI=1S/C12H19N3O3/c1-9-8-11(18-14-9)13-12(17)15(10-4-5-10)6-2-3-7-16/h8,10,16H,2-7H2,1H3,(H,13,17). The van der Waals surface area contributed by atoms with Crippen molar-refractivity contribution in [1.29, 1.82) is 0 Å². The molecule has 1 saturated carbocycles. The molecule has 2 rings (SSSR count). The Balaban J connectivity index is 1.87. The average molecular weight is 253 g/mol. The minimum Gasteiger partial charge on any atom is -0.396 e. The third-order valence-electron chi connectivity index (χ3n) is 2.91. The van der Waals surface area contributed by atoms with Crippen LogP contribution in [0.15, 0.2) is 10.6 Å². The second kappa shape index (κ2) is 5.86. The van der Waals surface area contributed by atoms with E-state index in [0.717, 1.165) is 31.4 Å². The number of rotatable bonds is 6. The van der Waals surface area contributed by atoms with Gasteiger partial charge in [-0.1, -0.05) is 5.16 Å². The maximum Gasteiger partial charge on any atom is 0.324 e. The molecule has 18 heavy (non-hydrogen) atoms. The van der Waals surface area contributed by atoms with Crippen LogP contribution < -0.4 is 5.32 Å². The van der Waals surface area contributed by atoms with Crippen LogP contribution in [0, 0.1) is 6.92 Å². The molecule has 1 aromatic heterocycles. The zero-order chi connectivity index (χ0) is 13.0. The Morgan fingerprint density at radius 1 is 1.61 bits per heavy atom. The van der Waals surface area contributed by atoms with E-state index in [0.29, 0.717) is 18.5 Å². The largest absolute Gasteiger partial charge is 0.396 e. The molecular weight excluding hydrogens is 234 g/mol. The summed E-state index contributed by atoms with van der Waals surface area (Å²) in [6, 6.07) is 1.88. The number of aliphatic hydroxyl groups excluding tert-OH is 1. The van der Waals surface area contributed by atoms with E-state index in [1.165, 1.54) is 0 Å². The number of aliphatic hydroxyl groups is 1. The van der Waals surface area contributed by atoms with Gasteiger partial charge >= 0.3 is 6.03 Å². The van der Waals surface area contributed by atoms with Gasteiger partial charge in [-0.3, -0.25) is 5.32 Å². The van der Waals surface area contributed by atoms with Gasteiger partial charge < -0.3 is 14.5 Å². The van der Waals surface area contributed by atoms with Crippen molar-refractivity contribution in [2.75, 3.05) is 18.5 Å². The van der Waals surface area contributed by atoms with Crippen LogP contribution in [-0.4, -0.2) is 40.4 Å². The molecule has 1 aliphatic rings. The van der Waals surface area contributed by atoms with Crippen molar-refractivity contribution in [3.8, 4) is 0 Å². The highest BCUT2D eigenvalue weighted by atomic mass is 16.5. The van der Waals surface area contributed by atoms with Crippen LogP contribution in [-0.2, 0) is 0 Å². The number of anilines is 1. The zero-order valence-corrected chi connectivity index (χ0v) is 10.6. The number of unbranched alkanes of at least 4 members (excludes halogenated alkanes) is 1. The van der Waals surface area contributed by atoms with Gasteiger partial charge in [-0.05, 0) is 32.6 Å². The molecule has 100 valence electrons. The lowest BCUT2D eigenvalue weighted by molar-refractivity contribution is 0.203. The van der Waals surface area contributed by atoms with Crippen LogP contribution in [0.25, 0.3) is 0 Å². The maximum atomic E-state index is 12.1. The van der Waals surface area contributed by atoms with E-state index in [1.807, 2.05) is 4.90 Å². The lowest BCUT2D eigenvalue weighted by atomic mass is 10.3. The Bertz CT molecular complexity index is 401. The van der Waals surface area contributed by atoms with Gasteiger partial charge in [-0.2, -0.15) is 0 Å². The van der Waals surface area contributed by atoms with Gasteiger partial charge in [0.05, 0.1) is 5.69 Å². The van der Waals surface area contributed by atoms with Gasteiger partial charge in [-0.25, -0.2) is 4.79 Å². The van der Waals surface area contributed by atoms with Gasteiger partial charge in [-0.15, -0.1) is 0 Å². The quantitative estimate of drug-likeness (QED) is 0.757. The van der Waals surface area contributed by atoms with Crippen LogP contribution in [0.4, 0.5) is 10.7 Å². The summed E-state index contributed by atoms with van der Waals surface area (Å²) in [6.45, 7) is 2.64. The molecule has 0 saturated heterocycles. The van der Waals surface area contributed by atoms with Gasteiger partial charge in [0.1, 0.15) is 0 Å². The molecule has 0 radical (unpaired) electrons. The Morgan fingerprint density at radius 2 is 2.39 bits per heavy atom. The maximum absolute atomic E-state index is 12.1. The van der Waals surface area contributed by atoms with Crippen molar-refractivity contribution in [3.63, 3.8) is 0 Å². The molecule has 0 spiro atoms. The summed E-state index contributed by atoms with van der Waals surface area (Å²) < 4.78 is 4.96. The lowest BCUT2D eigenvalue weighted by Gasteiger charge is -2.21. The Hall–Kier alpha value is -1.56. The van der Waals surface area contributed by atoms with Gasteiger partial charge in [0, 0.05) is 25.3 Å². The summed E-state index contributed by atoms with van der Waals surface area (Å²) in [5.74, 6) is 0.380. The number of urea groups is 1. The fourth-order valence-corrected chi connectivity index (χ4v) is 1.83. The van der Waals surface area contributed by atoms with E-state index in [4.69, 9.17) is 9.63 Å². The van der Waals surface area contributed by atoms with E-state index >= 15 is 0 Å². The Labute approximate surface area is 106 Å². The number of aryl methyl sites for hydroxylation is 1. The molecule has 0 aliphatic heterocycles. The van der Waals surface area contributed by atoms with Gasteiger partial charge in [0.2, 0.25) is 5.88 Å². The predicted octanol–water partition coefficient (Wildman–Crippen LogP) is 1.75. The number of nitrogens with zero attached hydrogens (tertiary/aromatic N) is 2. The summed E-state index contributed by atoms with van der Waals surface area (Å²) in [7, 11) is 0. The van der Waals surface area contributed by atoms with E-state index < -0.39 is 0 Å². The molecule has 2 N–H and O–H groups in total. The number of hydrogen-bond donors (Lipinski definition) is 2. The first kappa shape index (κ1) is 12.9. The van der Waals surface area contributed by atoms with Crippen molar-refractivity contribution in [1.82, 2.24) is 10.1 Å². The molecule has 0 atom stereocenters. The SMILES string of the molecule is Cc1cc(NC(=O)N(CCCCO)C2CC2)on1. The molecule has 0 unspecified atom stereocenters. The average Bonchev–Trinajstić information content (AvgIpc) is 3.09. The van der Waals surface area contributed by atoms with Crippen molar-refractivity contribution in [2.24, 2.45) is 0 Å². The lowest BCUT2D eigenvalue weighted by Crippen LogP contribution is -2.37. The van der Waals surface area contributed by atoms with Crippen molar-refractivity contribution in [2.45, 2.75) is 38.6 Å².